The van der Waals surface area contributed by atoms with Crippen LogP contribution in [0.1, 0.15) is 39.5 Å². The van der Waals surface area contributed by atoms with Crippen LogP contribution in [0.25, 0.3) is 0 Å². The highest BCUT2D eigenvalue weighted by Crippen LogP contribution is 1.97. The van der Waals surface area contributed by atoms with Crippen LogP contribution in [0.4, 0.5) is 0 Å². The summed E-state index contributed by atoms with van der Waals surface area (Å²) in [6.45, 7) is 3.90. The van der Waals surface area contributed by atoms with Gasteiger partial charge in [0, 0.05) is 25.4 Å². The van der Waals surface area contributed by atoms with E-state index in [9.17, 15) is 18.0 Å². The molecule has 0 aliphatic heterocycles. The molecule has 118 valence electrons. The van der Waals surface area contributed by atoms with E-state index in [2.05, 4.69) is 14.8 Å². The quantitative estimate of drug-likeness (QED) is 0.560. The number of esters is 1. The third-order valence-electron chi connectivity index (χ3n) is 2.72. The number of hydrogen-bond donors (Lipinski definition) is 2. The van der Waals surface area contributed by atoms with Gasteiger partial charge in [-0.1, -0.05) is 6.92 Å². The van der Waals surface area contributed by atoms with Crippen molar-refractivity contribution >= 4 is 21.9 Å². The maximum atomic E-state index is 11.6. The second-order valence-corrected chi connectivity index (χ2v) is 6.45. The fourth-order valence-electron chi connectivity index (χ4n) is 1.35. The average molecular weight is 308 g/mol. The lowest BCUT2D eigenvalue weighted by Crippen LogP contribution is -2.35. The van der Waals surface area contributed by atoms with Gasteiger partial charge in [0.1, 0.15) is 0 Å². The van der Waals surface area contributed by atoms with Gasteiger partial charge >= 0.3 is 5.97 Å². The highest BCUT2D eigenvalue weighted by molar-refractivity contribution is 7.89. The number of amides is 1. The Hall–Kier alpha value is -1.15. The molecule has 0 fully saturated rings. The first-order valence-electron chi connectivity index (χ1n) is 6.64. The lowest BCUT2D eigenvalue weighted by molar-refractivity contribution is -0.140. The van der Waals surface area contributed by atoms with Crippen molar-refractivity contribution in [2.45, 2.75) is 45.6 Å². The van der Waals surface area contributed by atoms with Gasteiger partial charge in [-0.15, -0.1) is 0 Å². The third-order valence-corrected chi connectivity index (χ3v) is 4.19. The van der Waals surface area contributed by atoms with E-state index in [1.807, 2.05) is 13.8 Å². The molecule has 0 spiro atoms. The zero-order valence-electron chi connectivity index (χ0n) is 12.3. The van der Waals surface area contributed by atoms with Gasteiger partial charge in [-0.2, -0.15) is 0 Å². The van der Waals surface area contributed by atoms with Gasteiger partial charge in [0.25, 0.3) is 0 Å². The molecule has 0 aromatic rings. The number of methoxy groups -OCH3 is 1. The van der Waals surface area contributed by atoms with Crippen molar-refractivity contribution in [1.29, 1.82) is 0 Å². The van der Waals surface area contributed by atoms with Crippen LogP contribution in [0.3, 0.4) is 0 Å². The molecule has 1 amide bonds. The van der Waals surface area contributed by atoms with E-state index in [4.69, 9.17) is 0 Å². The van der Waals surface area contributed by atoms with Crippen molar-refractivity contribution in [3.8, 4) is 0 Å². The summed E-state index contributed by atoms with van der Waals surface area (Å²) in [7, 11) is -2.20. The smallest absolute Gasteiger partial charge is 0.305 e. The molecule has 0 aliphatic carbocycles. The molecule has 0 rings (SSSR count). The summed E-state index contributed by atoms with van der Waals surface area (Å²) in [5.41, 5.74) is 0. The monoisotopic (exact) mass is 308 g/mol. The molecule has 0 aromatic carbocycles. The zero-order valence-corrected chi connectivity index (χ0v) is 13.1. The molecule has 20 heavy (non-hydrogen) atoms. The van der Waals surface area contributed by atoms with E-state index in [-0.39, 0.29) is 43.5 Å². The number of ether oxygens (including phenoxy) is 1. The first-order valence-corrected chi connectivity index (χ1v) is 8.29. The molecule has 0 bridgehead atoms. The van der Waals surface area contributed by atoms with Gasteiger partial charge in [-0.3, -0.25) is 9.59 Å². The van der Waals surface area contributed by atoms with Crippen LogP contribution in [0, 0.1) is 0 Å². The second-order valence-electron chi connectivity index (χ2n) is 4.52. The van der Waals surface area contributed by atoms with Crippen molar-refractivity contribution in [2.24, 2.45) is 0 Å². The Morgan fingerprint density at radius 1 is 1.25 bits per heavy atom. The van der Waals surface area contributed by atoms with Crippen LogP contribution in [0.15, 0.2) is 0 Å². The van der Waals surface area contributed by atoms with Crippen LogP contribution in [-0.2, 0) is 24.3 Å². The number of carbonyl (C=O) groups excluding carboxylic acids is 2. The average Bonchev–Trinajstić information content (AvgIpc) is 2.37. The molecule has 1 atom stereocenters. The predicted octanol–water partition coefficient (Wildman–Crippen LogP) is 0.164. The third kappa shape index (κ3) is 9.74. The van der Waals surface area contributed by atoms with Crippen LogP contribution in [0.2, 0.25) is 0 Å². The SMILES string of the molecule is CCC(C)NC(=O)CCNS(=O)(=O)CCCC(=O)OC. The van der Waals surface area contributed by atoms with Gasteiger partial charge in [-0.25, -0.2) is 13.1 Å². The summed E-state index contributed by atoms with van der Waals surface area (Å²) in [5, 5.41) is 2.75. The van der Waals surface area contributed by atoms with Crippen LogP contribution in [-0.4, -0.2) is 45.7 Å². The minimum Gasteiger partial charge on any atom is -0.469 e. The highest BCUT2D eigenvalue weighted by Gasteiger charge is 2.12. The standard InChI is InChI=1S/C12H24N2O5S/c1-4-10(2)14-11(15)7-8-13-20(17,18)9-5-6-12(16)19-3/h10,13H,4-9H2,1-3H3,(H,14,15). The Bertz CT molecular complexity index is 408. The first kappa shape index (κ1) is 18.9. The number of rotatable bonds is 10. The summed E-state index contributed by atoms with van der Waals surface area (Å²) in [6.07, 6.45) is 1.18. The fraction of sp³-hybridized carbons (Fsp3) is 0.833. The molecule has 0 aromatic heterocycles. The van der Waals surface area contributed by atoms with Gasteiger partial charge in [0.15, 0.2) is 0 Å². The van der Waals surface area contributed by atoms with Gasteiger partial charge in [0.05, 0.1) is 12.9 Å². The Morgan fingerprint density at radius 3 is 2.45 bits per heavy atom. The van der Waals surface area contributed by atoms with E-state index < -0.39 is 16.0 Å². The van der Waals surface area contributed by atoms with Crippen molar-refractivity contribution in [2.75, 3.05) is 19.4 Å². The second kappa shape index (κ2) is 9.71. The van der Waals surface area contributed by atoms with Gasteiger partial charge < -0.3 is 10.1 Å². The number of sulfonamides is 1. The summed E-state index contributed by atoms with van der Waals surface area (Å²) in [6, 6.07) is 0.0826. The van der Waals surface area contributed by atoms with Crippen molar-refractivity contribution in [3.05, 3.63) is 0 Å². The molecular weight excluding hydrogens is 284 g/mol. The Labute approximate surface area is 120 Å². The Morgan fingerprint density at radius 2 is 1.90 bits per heavy atom. The highest BCUT2D eigenvalue weighted by atomic mass is 32.2. The Kier molecular flexibility index (Phi) is 9.15. The van der Waals surface area contributed by atoms with Gasteiger partial charge in [-0.05, 0) is 19.8 Å². The molecule has 0 saturated carbocycles. The zero-order chi connectivity index (χ0) is 15.6. The molecule has 1 unspecified atom stereocenters. The topological polar surface area (TPSA) is 102 Å². The number of nitrogens with one attached hydrogen (secondary N) is 2. The molecule has 0 heterocycles. The predicted molar refractivity (Wildman–Crippen MR) is 75.6 cm³/mol. The van der Waals surface area contributed by atoms with Crippen LogP contribution < -0.4 is 10.0 Å². The summed E-state index contributed by atoms with van der Waals surface area (Å²) < 4.78 is 29.9. The van der Waals surface area contributed by atoms with Crippen LogP contribution >= 0.6 is 0 Å². The largest absolute Gasteiger partial charge is 0.469 e. The molecule has 8 heteroatoms. The lowest BCUT2D eigenvalue weighted by Gasteiger charge is -2.11. The Balaban J connectivity index is 3.87. The minimum atomic E-state index is -3.45. The number of hydrogen-bond acceptors (Lipinski definition) is 5. The molecule has 0 radical (unpaired) electrons. The summed E-state index contributed by atoms with van der Waals surface area (Å²) >= 11 is 0. The summed E-state index contributed by atoms with van der Waals surface area (Å²) in [5.74, 6) is -0.778. The molecular formula is C12H24N2O5S. The molecule has 2 N–H and O–H groups in total. The molecule has 7 nitrogen and oxygen atoms in total. The van der Waals surface area contributed by atoms with Crippen LogP contribution in [0.5, 0.6) is 0 Å². The lowest BCUT2D eigenvalue weighted by atomic mass is 10.2. The van der Waals surface area contributed by atoms with E-state index in [0.29, 0.717) is 0 Å². The first-order chi connectivity index (χ1) is 9.30. The van der Waals surface area contributed by atoms with E-state index >= 15 is 0 Å². The van der Waals surface area contributed by atoms with E-state index in [1.54, 1.807) is 0 Å². The summed E-state index contributed by atoms with van der Waals surface area (Å²) in [4.78, 5) is 22.3. The maximum absolute atomic E-state index is 11.6. The van der Waals surface area contributed by atoms with E-state index in [0.717, 1.165) is 6.42 Å². The minimum absolute atomic E-state index is 0.0584. The fourth-order valence-corrected chi connectivity index (χ4v) is 2.43. The van der Waals surface area contributed by atoms with E-state index in [1.165, 1.54) is 7.11 Å². The van der Waals surface area contributed by atoms with Crippen molar-refractivity contribution in [3.63, 3.8) is 0 Å². The molecule has 0 aliphatic rings. The molecule has 0 saturated heterocycles. The number of carbonyl (C=O) groups is 2. The maximum Gasteiger partial charge on any atom is 0.305 e. The van der Waals surface area contributed by atoms with Crippen molar-refractivity contribution < 1.29 is 22.7 Å². The van der Waals surface area contributed by atoms with Crippen molar-refractivity contribution in [1.82, 2.24) is 10.0 Å². The normalized spacial score (nSPS) is 12.8. The van der Waals surface area contributed by atoms with Gasteiger partial charge in [0.2, 0.25) is 15.9 Å².